The van der Waals surface area contributed by atoms with Gasteiger partial charge in [-0.2, -0.15) is 0 Å². The molecule has 3 aromatic rings. The van der Waals surface area contributed by atoms with Gasteiger partial charge < -0.3 is 15.5 Å². The summed E-state index contributed by atoms with van der Waals surface area (Å²) in [7, 11) is 0. The molecule has 2 N–H and O–H groups in total. The number of aromatic nitrogens is 1. The zero-order valence-electron chi connectivity index (χ0n) is 15.9. The van der Waals surface area contributed by atoms with E-state index in [0.717, 1.165) is 34.7 Å². The van der Waals surface area contributed by atoms with Crippen LogP contribution in [0.2, 0.25) is 0 Å². The number of hydrogen-bond acceptors (Lipinski definition) is 6. The molecule has 0 unspecified atom stereocenters. The van der Waals surface area contributed by atoms with Gasteiger partial charge in [0, 0.05) is 48.5 Å². The molecule has 1 aromatic carbocycles. The highest BCUT2D eigenvalue weighted by Gasteiger charge is 2.26. The van der Waals surface area contributed by atoms with Gasteiger partial charge in [0.1, 0.15) is 9.71 Å². The van der Waals surface area contributed by atoms with Crippen molar-refractivity contribution >= 4 is 44.6 Å². The number of fused-ring (bicyclic) bond motifs is 1. The summed E-state index contributed by atoms with van der Waals surface area (Å²) in [6.45, 7) is 6.25. The number of Topliss-reactive ketones (excluding diaryl/α,β-unsaturated/α-hetero) is 1. The second-order valence-corrected chi connectivity index (χ2v) is 8.03. The third-order valence-corrected chi connectivity index (χ3v) is 6.24. The lowest BCUT2D eigenvalue weighted by molar-refractivity contribution is 0.0752. The Morgan fingerprint density at radius 3 is 2.36 bits per heavy atom. The molecular weight excluding hydrogens is 372 g/mol. The summed E-state index contributed by atoms with van der Waals surface area (Å²) in [5.74, 6) is 0.0392. The number of nitrogen functional groups attached to an aromatic ring is 1. The second kappa shape index (κ2) is 7.24. The van der Waals surface area contributed by atoms with E-state index in [9.17, 15) is 9.59 Å². The SMILES string of the molecule is CC(=O)c1ccc(N2CCN(C(=O)c3sc4nc(C)ccc4c3N)CC2)cc1. The van der Waals surface area contributed by atoms with Crippen molar-refractivity contribution in [2.75, 3.05) is 36.8 Å². The molecule has 28 heavy (non-hydrogen) atoms. The van der Waals surface area contributed by atoms with Crippen molar-refractivity contribution in [2.45, 2.75) is 13.8 Å². The zero-order chi connectivity index (χ0) is 19.8. The van der Waals surface area contributed by atoms with E-state index in [1.165, 1.54) is 11.3 Å². The number of pyridine rings is 1. The molecular formula is C21H22N4O2S. The average Bonchev–Trinajstić information content (AvgIpc) is 3.03. The first-order chi connectivity index (χ1) is 13.4. The van der Waals surface area contributed by atoms with E-state index in [1.807, 2.05) is 48.2 Å². The lowest BCUT2D eigenvalue weighted by Crippen LogP contribution is -2.48. The number of benzene rings is 1. The maximum absolute atomic E-state index is 13.0. The van der Waals surface area contributed by atoms with Gasteiger partial charge in [-0.1, -0.05) is 0 Å². The Morgan fingerprint density at radius 2 is 1.71 bits per heavy atom. The van der Waals surface area contributed by atoms with Crippen LogP contribution in [-0.4, -0.2) is 47.8 Å². The molecule has 1 aliphatic heterocycles. The van der Waals surface area contributed by atoms with Crippen LogP contribution in [0.3, 0.4) is 0 Å². The van der Waals surface area contributed by atoms with Gasteiger partial charge in [0.05, 0.1) is 5.69 Å². The normalized spacial score (nSPS) is 14.5. The number of carbonyl (C=O) groups is 2. The Labute approximate surface area is 167 Å². The van der Waals surface area contributed by atoms with Crippen LogP contribution >= 0.6 is 11.3 Å². The van der Waals surface area contributed by atoms with Crippen LogP contribution in [0.15, 0.2) is 36.4 Å². The molecule has 0 bridgehead atoms. The van der Waals surface area contributed by atoms with Gasteiger partial charge in [-0.25, -0.2) is 4.98 Å². The number of thiophene rings is 1. The van der Waals surface area contributed by atoms with E-state index in [4.69, 9.17) is 5.73 Å². The molecule has 1 saturated heterocycles. The van der Waals surface area contributed by atoms with Crippen molar-refractivity contribution in [2.24, 2.45) is 0 Å². The largest absolute Gasteiger partial charge is 0.397 e. The maximum Gasteiger partial charge on any atom is 0.266 e. The predicted molar refractivity (Wildman–Crippen MR) is 113 cm³/mol. The smallest absolute Gasteiger partial charge is 0.266 e. The molecule has 0 spiro atoms. The summed E-state index contributed by atoms with van der Waals surface area (Å²) in [4.78, 5) is 34.4. The van der Waals surface area contributed by atoms with Crippen LogP contribution in [0.4, 0.5) is 11.4 Å². The summed E-state index contributed by atoms with van der Waals surface area (Å²) in [5.41, 5.74) is 9.46. The van der Waals surface area contributed by atoms with Crippen molar-refractivity contribution < 1.29 is 9.59 Å². The van der Waals surface area contributed by atoms with Gasteiger partial charge >= 0.3 is 0 Å². The van der Waals surface area contributed by atoms with E-state index < -0.39 is 0 Å². The Morgan fingerprint density at radius 1 is 1.04 bits per heavy atom. The molecule has 6 nitrogen and oxygen atoms in total. The highest BCUT2D eigenvalue weighted by atomic mass is 32.1. The second-order valence-electron chi connectivity index (χ2n) is 7.03. The van der Waals surface area contributed by atoms with Gasteiger partial charge in [-0.3, -0.25) is 9.59 Å². The predicted octanol–water partition coefficient (Wildman–Crippen LogP) is 3.35. The average molecular weight is 395 g/mol. The molecule has 1 fully saturated rings. The van der Waals surface area contributed by atoms with Gasteiger partial charge in [0.15, 0.2) is 5.78 Å². The number of hydrogen-bond donors (Lipinski definition) is 1. The fourth-order valence-corrected chi connectivity index (χ4v) is 4.57. The fourth-order valence-electron chi connectivity index (χ4n) is 3.47. The van der Waals surface area contributed by atoms with Crippen molar-refractivity contribution in [3.63, 3.8) is 0 Å². The van der Waals surface area contributed by atoms with Crippen LogP contribution in [-0.2, 0) is 0 Å². The monoisotopic (exact) mass is 394 g/mol. The summed E-state index contributed by atoms with van der Waals surface area (Å²) < 4.78 is 0. The molecule has 1 amide bonds. The lowest BCUT2D eigenvalue weighted by Gasteiger charge is -2.36. The molecule has 2 aromatic heterocycles. The number of carbonyl (C=O) groups excluding carboxylic acids is 2. The summed E-state index contributed by atoms with van der Waals surface area (Å²) in [6.07, 6.45) is 0. The zero-order valence-corrected chi connectivity index (χ0v) is 16.8. The molecule has 0 aliphatic carbocycles. The first-order valence-corrected chi connectivity index (χ1v) is 10.1. The number of nitrogens with two attached hydrogens (primary N) is 1. The van der Waals surface area contributed by atoms with Gasteiger partial charge in [-0.05, 0) is 50.2 Å². The molecule has 0 saturated carbocycles. The van der Waals surface area contributed by atoms with E-state index in [0.29, 0.717) is 29.2 Å². The molecule has 3 heterocycles. The fraction of sp³-hybridized carbons (Fsp3) is 0.286. The van der Waals surface area contributed by atoms with Crippen molar-refractivity contribution in [3.05, 3.63) is 52.5 Å². The van der Waals surface area contributed by atoms with Crippen LogP contribution in [0, 0.1) is 6.92 Å². The Bertz CT molecular complexity index is 1050. The number of ketones is 1. The topological polar surface area (TPSA) is 79.5 Å². The van der Waals surface area contributed by atoms with Crippen LogP contribution in [0.1, 0.15) is 32.6 Å². The molecule has 0 atom stereocenters. The standard InChI is InChI=1S/C21H22N4O2S/c1-13-3-8-17-18(22)19(28-20(17)23-13)21(27)25-11-9-24(10-12-25)16-6-4-15(5-7-16)14(2)26/h3-8H,9-12,22H2,1-2H3. The van der Waals surface area contributed by atoms with Gasteiger partial charge in [-0.15, -0.1) is 11.3 Å². The van der Waals surface area contributed by atoms with Crippen molar-refractivity contribution in [1.29, 1.82) is 0 Å². The Hall–Kier alpha value is -2.93. The summed E-state index contributed by atoms with van der Waals surface area (Å²) in [6, 6.07) is 11.5. The quantitative estimate of drug-likeness (QED) is 0.689. The third-order valence-electron chi connectivity index (χ3n) is 5.13. The Balaban J connectivity index is 1.47. The van der Waals surface area contributed by atoms with Gasteiger partial charge in [0.25, 0.3) is 5.91 Å². The van der Waals surface area contributed by atoms with Gasteiger partial charge in [0.2, 0.25) is 0 Å². The summed E-state index contributed by atoms with van der Waals surface area (Å²) >= 11 is 1.37. The number of amides is 1. The van der Waals surface area contributed by atoms with Crippen LogP contribution < -0.4 is 10.6 Å². The van der Waals surface area contributed by atoms with E-state index >= 15 is 0 Å². The van der Waals surface area contributed by atoms with Crippen LogP contribution in [0.25, 0.3) is 10.2 Å². The minimum absolute atomic E-state index is 0.0234. The number of piperazine rings is 1. The lowest BCUT2D eigenvalue weighted by atomic mass is 10.1. The number of rotatable bonds is 3. The van der Waals surface area contributed by atoms with E-state index in [1.54, 1.807) is 6.92 Å². The minimum Gasteiger partial charge on any atom is -0.397 e. The first kappa shape index (κ1) is 18.4. The third kappa shape index (κ3) is 3.33. The van der Waals surface area contributed by atoms with Crippen molar-refractivity contribution in [1.82, 2.24) is 9.88 Å². The van der Waals surface area contributed by atoms with E-state index in [-0.39, 0.29) is 11.7 Å². The molecule has 0 radical (unpaired) electrons. The summed E-state index contributed by atoms with van der Waals surface area (Å²) in [5, 5.41) is 0.850. The molecule has 4 rings (SSSR count). The van der Waals surface area contributed by atoms with Crippen LogP contribution in [0.5, 0.6) is 0 Å². The molecule has 7 heteroatoms. The molecule has 1 aliphatic rings. The first-order valence-electron chi connectivity index (χ1n) is 9.25. The number of nitrogens with zero attached hydrogens (tertiary/aromatic N) is 3. The highest BCUT2D eigenvalue weighted by Crippen LogP contribution is 2.33. The van der Waals surface area contributed by atoms with Crippen molar-refractivity contribution in [3.8, 4) is 0 Å². The Kier molecular flexibility index (Phi) is 4.77. The highest BCUT2D eigenvalue weighted by molar-refractivity contribution is 7.21. The minimum atomic E-state index is -0.0234. The number of aryl methyl sites for hydroxylation is 1. The number of anilines is 2. The van der Waals surface area contributed by atoms with E-state index in [2.05, 4.69) is 9.88 Å². The molecule has 144 valence electrons. The maximum atomic E-state index is 13.0.